The number of carbonyl (C=O) groups is 1. The molecule has 1 aliphatic heterocycles. The van der Waals surface area contributed by atoms with Crippen molar-refractivity contribution in [3.05, 3.63) is 77.5 Å². The highest BCUT2D eigenvalue weighted by molar-refractivity contribution is 6.05. The van der Waals surface area contributed by atoms with Gasteiger partial charge < -0.3 is 10.2 Å². The Morgan fingerprint density at radius 1 is 1.15 bits per heavy atom. The lowest BCUT2D eigenvalue weighted by molar-refractivity contribution is 0.0636. The van der Waals surface area contributed by atoms with E-state index in [0.717, 1.165) is 30.4 Å². The van der Waals surface area contributed by atoms with Crippen LogP contribution in [0.3, 0.4) is 0 Å². The van der Waals surface area contributed by atoms with Crippen molar-refractivity contribution in [3.63, 3.8) is 0 Å². The van der Waals surface area contributed by atoms with Gasteiger partial charge >= 0.3 is 0 Å². The molecule has 1 aliphatic rings. The average molecular weight is 345 g/mol. The van der Waals surface area contributed by atoms with E-state index in [0.29, 0.717) is 12.1 Å². The number of nitrogens with one attached hydrogen (secondary N) is 1. The molecule has 0 saturated carbocycles. The van der Waals surface area contributed by atoms with E-state index in [1.54, 1.807) is 6.20 Å². The number of piperazine rings is 1. The molecule has 0 bridgehead atoms. The maximum atomic E-state index is 13.4. The van der Waals surface area contributed by atoms with Crippen LogP contribution in [0.1, 0.15) is 34.5 Å². The van der Waals surface area contributed by atoms with Crippen molar-refractivity contribution >= 4 is 16.8 Å². The molecule has 2 heterocycles. The highest BCUT2D eigenvalue weighted by Gasteiger charge is 2.29. The topological polar surface area (TPSA) is 45.2 Å². The summed E-state index contributed by atoms with van der Waals surface area (Å²) in [4.78, 5) is 19.8. The van der Waals surface area contributed by atoms with E-state index in [-0.39, 0.29) is 11.9 Å². The van der Waals surface area contributed by atoms with Crippen molar-refractivity contribution < 1.29 is 4.79 Å². The number of carbonyl (C=O) groups excluding carboxylic acids is 1. The number of benzene rings is 2. The zero-order valence-corrected chi connectivity index (χ0v) is 15.0. The SMILES string of the molecule is CCc1ccc(C2CNCCN2C(=O)c2cccc3cccnc23)cc1. The first kappa shape index (κ1) is 16.7. The predicted molar refractivity (Wildman–Crippen MR) is 104 cm³/mol. The van der Waals surface area contributed by atoms with Crippen LogP contribution in [-0.2, 0) is 6.42 Å². The first-order chi connectivity index (χ1) is 12.8. The molecule has 4 rings (SSSR count). The minimum absolute atomic E-state index is 0.0427. The monoisotopic (exact) mass is 345 g/mol. The molecule has 1 atom stereocenters. The maximum Gasteiger partial charge on any atom is 0.256 e. The van der Waals surface area contributed by atoms with E-state index in [2.05, 4.69) is 41.5 Å². The molecule has 132 valence electrons. The van der Waals surface area contributed by atoms with Crippen LogP contribution in [0.25, 0.3) is 10.9 Å². The molecule has 1 N–H and O–H groups in total. The van der Waals surface area contributed by atoms with Gasteiger partial charge in [0.15, 0.2) is 0 Å². The first-order valence-corrected chi connectivity index (χ1v) is 9.22. The number of aromatic nitrogens is 1. The molecule has 1 amide bonds. The Labute approximate surface area is 153 Å². The fourth-order valence-electron chi connectivity index (χ4n) is 3.65. The second-order valence-electron chi connectivity index (χ2n) is 6.69. The Morgan fingerprint density at radius 2 is 1.96 bits per heavy atom. The van der Waals surface area contributed by atoms with E-state index in [1.807, 2.05) is 35.2 Å². The molecule has 4 nitrogen and oxygen atoms in total. The van der Waals surface area contributed by atoms with E-state index in [1.165, 1.54) is 11.1 Å². The van der Waals surface area contributed by atoms with Crippen molar-refractivity contribution in [1.82, 2.24) is 15.2 Å². The Balaban J connectivity index is 1.70. The summed E-state index contributed by atoms with van der Waals surface area (Å²) < 4.78 is 0. The zero-order chi connectivity index (χ0) is 17.9. The lowest BCUT2D eigenvalue weighted by Crippen LogP contribution is -2.48. The summed E-state index contributed by atoms with van der Waals surface area (Å²) in [6.45, 7) is 4.44. The molecule has 1 fully saturated rings. The van der Waals surface area contributed by atoms with Gasteiger partial charge in [-0.1, -0.05) is 49.4 Å². The van der Waals surface area contributed by atoms with Crippen LogP contribution in [0.2, 0.25) is 0 Å². The summed E-state index contributed by atoms with van der Waals surface area (Å²) in [5, 5.41) is 4.42. The van der Waals surface area contributed by atoms with Gasteiger partial charge in [-0.25, -0.2) is 0 Å². The van der Waals surface area contributed by atoms with E-state index in [9.17, 15) is 4.79 Å². The number of nitrogens with zero attached hydrogens (tertiary/aromatic N) is 2. The van der Waals surface area contributed by atoms with Crippen molar-refractivity contribution in [2.45, 2.75) is 19.4 Å². The predicted octanol–water partition coefficient (Wildman–Crippen LogP) is 3.58. The van der Waals surface area contributed by atoms with Crippen molar-refractivity contribution in [2.75, 3.05) is 19.6 Å². The van der Waals surface area contributed by atoms with Crippen LogP contribution in [0, 0.1) is 0 Å². The van der Waals surface area contributed by atoms with Crippen molar-refractivity contribution in [2.24, 2.45) is 0 Å². The van der Waals surface area contributed by atoms with Gasteiger partial charge in [-0.15, -0.1) is 0 Å². The molecule has 1 unspecified atom stereocenters. The number of aryl methyl sites for hydroxylation is 1. The fraction of sp³-hybridized carbons (Fsp3) is 0.273. The van der Waals surface area contributed by atoms with Gasteiger partial charge in [0, 0.05) is 31.2 Å². The zero-order valence-electron chi connectivity index (χ0n) is 15.0. The van der Waals surface area contributed by atoms with E-state index >= 15 is 0 Å². The fourth-order valence-corrected chi connectivity index (χ4v) is 3.65. The minimum atomic E-state index is 0.0427. The summed E-state index contributed by atoms with van der Waals surface area (Å²) in [6.07, 6.45) is 2.77. The molecule has 0 spiro atoms. The standard InChI is InChI=1S/C22H23N3O/c1-2-16-8-10-17(11-9-16)20-15-23-13-14-25(20)22(26)19-7-3-5-18-6-4-12-24-21(18)19/h3-12,20,23H,2,13-15H2,1H3. The largest absolute Gasteiger partial charge is 0.329 e. The quantitative estimate of drug-likeness (QED) is 0.789. The molecule has 2 aromatic carbocycles. The third kappa shape index (κ3) is 3.08. The molecule has 4 heteroatoms. The molecule has 0 aliphatic carbocycles. The summed E-state index contributed by atoms with van der Waals surface area (Å²) in [5.74, 6) is 0.0559. The summed E-state index contributed by atoms with van der Waals surface area (Å²) in [6, 6.07) is 18.4. The smallest absolute Gasteiger partial charge is 0.256 e. The normalized spacial score (nSPS) is 17.4. The van der Waals surface area contributed by atoms with Crippen LogP contribution < -0.4 is 5.32 Å². The lowest BCUT2D eigenvalue weighted by atomic mass is 9.99. The van der Waals surface area contributed by atoms with Gasteiger partial charge in [0.05, 0.1) is 17.1 Å². The van der Waals surface area contributed by atoms with Gasteiger partial charge in [-0.3, -0.25) is 9.78 Å². The summed E-state index contributed by atoms with van der Waals surface area (Å²) in [7, 11) is 0. The highest BCUT2D eigenvalue weighted by atomic mass is 16.2. The number of pyridine rings is 1. The van der Waals surface area contributed by atoms with Gasteiger partial charge in [-0.2, -0.15) is 0 Å². The van der Waals surface area contributed by atoms with Gasteiger partial charge in [-0.05, 0) is 29.7 Å². The van der Waals surface area contributed by atoms with E-state index < -0.39 is 0 Å². The molecule has 3 aromatic rings. The number of hydrogen-bond donors (Lipinski definition) is 1. The van der Waals surface area contributed by atoms with Crippen LogP contribution >= 0.6 is 0 Å². The summed E-state index contributed by atoms with van der Waals surface area (Å²) >= 11 is 0. The highest BCUT2D eigenvalue weighted by Crippen LogP contribution is 2.26. The molecule has 26 heavy (non-hydrogen) atoms. The van der Waals surface area contributed by atoms with Crippen LogP contribution in [0.5, 0.6) is 0 Å². The first-order valence-electron chi connectivity index (χ1n) is 9.22. The van der Waals surface area contributed by atoms with Crippen molar-refractivity contribution in [1.29, 1.82) is 0 Å². The molecular weight excluding hydrogens is 322 g/mol. The molecule has 1 saturated heterocycles. The lowest BCUT2D eigenvalue weighted by Gasteiger charge is -2.36. The minimum Gasteiger partial charge on any atom is -0.329 e. The average Bonchev–Trinajstić information content (AvgIpc) is 2.73. The number of para-hydroxylation sites is 1. The summed E-state index contributed by atoms with van der Waals surface area (Å²) in [5.41, 5.74) is 3.95. The molecular formula is C22H23N3O. The van der Waals surface area contributed by atoms with Gasteiger partial charge in [0.25, 0.3) is 5.91 Å². The molecule has 1 aromatic heterocycles. The van der Waals surface area contributed by atoms with Crippen LogP contribution in [-0.4, -0.2) is 35.4 Å². The van der Waals surface area contributed by atoms with E-state index in [4.69, 9.17) is 0 Å². The van der Waals surface area contributed by atoms with Gasteiger partial charge in [0.2, 0.25) is 0 Å². The van der Waals surface area contributed by atoms with Crippen LogP contribution in [0.15, 0.2) is 60.8 Å². The second kappa shape index (κ2) is 7.26. The van der Waals surface area contributed by atoms with Crippen LogP contribution in [0.4, 0.5) is 0 Å². The number of amides is 1. The Morgan fingerprint density at radius 3 is 2.77 bits per heavy atom. The molecule has 0 radical (unpaired) electrons. The Hall–Kier alpha value is -2.72. The van der Waals surface area contributed by atoms with Crippen molar-refractivity contribution in [3.8, 4) is 0 Å². The Bertz CT molecular complexity index is 915. The number of fused-ring (bicyclic) bond motifs is 1. The van der Waals surface area contributed by atoms with Gasteiger partial charge in [0.1, 0.15) is 0 Å². The third-order valence-electron chi connectivity index (χ3n) is 5.14. The maximum absolute atomic E-state index is 13.4. The number of rotatable bonds is 3. The second-order valence-corrected chi connectivity index (χ2v) is 6.69. The third-order valence-corrected chi connectivity index (χ3v) is 5.14. The Kier molecular flexibility index (Phi) is 4.67. The number of hydrogen-bond acceptors (Lipinski definition) is 3.